The van der Waals surface area contributed by atoms with Gasteiger partial charge < -0.3 is 15.2 Å². The van der Waals surface area contributed by atoms with Crippen LogP contribution >= 0.6 is 0 Å². The van der Waals surface area contributed by atoms with Gasteiger partial charge in [0.2, 0.25) is 0 Å². The maximum absolute atomic E-state index is 11.3. The summed E-state index contributed by atoms with van der Waals surface area (Å²) in [4.78, 5) is 25.7. The molecule has 1 amide bonds. The number of nitrogens with one attached hydrogen (secondary N) is 1. The van der Waals surface area contributed by atoms with Crippen LogP contribution in [0.1, 0.15) is 23.8 Å². The van der Waals surface area contributed by atoms with Gasteiger partial charge in [0.25, 0.3) is 5.91 Å². The normalized spacial score (nSPS) is 9.94. The molecule has 0 saturated carbocycles. The third-order valence-electron chi connectivity index (χ3n) is 1.82. The molecule has 6 heteroatoms. The number of carboxylic acid groups (broad SMARTS) is 1. The van der Waals surface area contributed by atoms with Gasteiger partial charge in [-0.2, -0.15) is 0 Å². The third-order valence-corrected chi connectivity index (χ3v) is 1.82. The Morgan fingerprint density at radius 3 is 2.88 bits per heavy atom. The first-order chi connectivity index (χ1) is 8.13. The van der Waals surface area contributed by atoms with E-state index in [1.165, 1.54) is 18.2 Å². The summed E-state index contributed by atoms with van der Waals surface area (Å²) >= 11 is 0. The second kappa shape index (κ2) is 6.59. The molecule has 1 aromatic rings. The molecule has 0 aliphatic rings. The minimum absolute atomic E-state index is 0.0627. The van der Waals surface area contributed by atoms with Crippen LogP contribution in [0.3, 0.4) is 0 Å². The SMILES string of the molecule is CCCOCC(=O)Nc1cccc(C(=O)O)n1. The van der Waals surface area contributed by atoms with E-state index in [1.54, 1.807) is 0 Å². The van der Waals surface area contributed by atoms with Gasteiger partial charge in [-0.1, -0.05) is 13.0 Å². The molecule has 2 N–H and O–H groups in total. The number of amides is 1. The van der Waals surface area contributed by atoms with Crippen molar-refractivity contribution < 1.29 is 19.4 Å². The minimum atomic E-state index is -1.14. The summed E-state index contributed by atoms with van der Waals surface area (Å²) in [7, 11) is 0. The molecular formula is C11H14N2O4. The predicted octanol–water partition coefficient (Wildman–Crippen LogP) is 1.14. The maximum Gasteiger partial charge on any atom is 0.354 e. The number of rotatable bonds is 6. The van der Waals surface area contributed by atoms with Crippen molar-refractivity contribution in [2.75, 3.05) is 18.5 Å². The van der Waals surface area contributed by atoms with Crippen LogP contribution in [-0.2, 0) is 9.53 Å². The molecule has 0 bridgehead atoms. The van der Waals surface area contributed by atoms with Gasteiger partial charge in [0.15, 0.2) is 5.69 Å². The van der Waals surface area contributed by atoms with Crippen LogP contribution in [0.15, 0.2) is 18.2 Å². The van der Waals surface area contributed by atoms with E-state index in [0.29, 0.717) is 6.61 Å². The first kappa shape index (κ1) is 13.1. The van der Waals surface area contributed by atoms with Gasteiger partial charge in [0, 0.05) is 6.61 Å². The smallest absolute Gasteiger partial charge is 0.354 e. The number of nitrogens with zero attached hydrogens (tertiary/aromatic N) is 1. The Balaban J connectivity index is 2.53. The highest BCUT2D eigenvalue weighted by atomic mass is 16.5. The summed E-state index contributed by atoms with van der Waals surface area (Å²) in [6.45, 7) is 2.39. The molecule has 1 rings (SSSR count). The Kier molecular flexibility index (Phi) is 5.09. The molecule has 0 aromatic carbocycles. The Labute approximate surface area is 98.6 Å². The highest BCUT2D eigenvalue weighted by Gasteiger charge is 2.07. The van der Waals surface area contributed by atoms with Crippen molar-refractivity contribution in [1.82, 2.24) is 4.98 Å². The van der Waals surface area contributed by atoms with Gasteiger partial charge in [-0.15, -0.1) is 0 Å². The topological polar surface area (TPSA) is 88.5 Å². The van der Waals surface area contributed by atoms with E-state index in [0.717, 1.165) is 6.42 Å². The monoisotopic (exact) mass is 238 g/mol. The number of carbonyl (C=O) groups is 2. The number of hydrogen-bond donors (Lipinski definition) is 2. The molecule has 0 unspecified atom stereocenters. The molecule has 1 heterocycles. The number of aromatic carboxylic acids is 1. The van der Waals surface area contributed by atoms with Gasteiger partial charge in [0.05, 0.1) is 0 Å². The molecule has 0 fully saturated rings. The first-order valence-electron chi connectivity index (χ1n) is 5.21. The predicted molar refractivity (Wildman–Crippen MR) is 60.9 cm³/mol. The second-order valence-corrected chi connectivity index (χ2v) is 3.31. The Morgan fingerprint density at radius 2 is 2.24 bits per heavy atom. The summed E-state index contributed by atoms with van der Waals surface area (Å²) < 4.78 is 5.04. The van der Waals surface area contributed by atoms with Gasteiger partial charge in [-0.05, 0) is 18.6 Å². The lowest BCUT2D eigenvalue weighted by molar-refractivity contribution is -0.120. The summed E-state index contributed by atoms with van der Waals surface area (Å²) in [6.07, 6.45) is 0.833. The van der Waals surface area contributed by atoms with E-state index in [-0.39, 0.29) is 24.0 Å². The van der Waals surface area contributed by atoms with Crippen LogP contribution in [0.4, 0.5) is 5.82 Å². The molecule has 1 aromatic heterocycles. The van der Waals surface area contributed by atoms with Gasteiger partial charge in [0.1, 0.15) is 12.4 Å². The van der Waals surface area contributed by atoms with Crippen LogP contribution in [-0.4, -0.2) is 35.2 Å². The number of anilines is 1. The Bertz CT molecular complexity index is 406. The van der Waals surface area contributed by atoms with Crippen molar-refractivity contribution >= 4 is 17.7 Å². The largest absolute Gasteiger partial charge is 0.477 e. The van der Waals surface area contributed by atoms with E-state index in [4.69, 9.17) is 9.84 Å². The van der Waals surface area contributed by atoms with E-state index in [9.17, 15) is 9.59 Å². The van der Waals surface area contributed by atoms with Crippen LogP contribution < -0.4 is 5.32 Å². The molecule has 0 aliphatic heterocycles. The second-order valence-electron chi connectivity index (χ2n) is 3.31. The fourth-order valence-electron chi connectivity index (χ4n) is 1.11. The lowest BCUT2D eigenvalue weighted by Crippen LogP contribution is -2.19. The van der Waals surface area contributed by atoms with Gasteiger partial charge in [-0.3, -0.25) is 4.79 Å². The zero-order valence-corrected chi connectivity index (χ0v) is 9.47. The zero-order chi connectivity index (χ0) is 12.7. The van der Waals surface area contributed by atoms with Crippen LogP contribution in [0.2, 0.25) is 0 Å². The lowest BCUT2D eigenvalue weighted by Gasteiger charge is -2.05. The minimum Gasteiger partial charge on any atom is -0.477 e. The Morgan fingerprint density at radius 1 is 1.47 bits per heavy atom. The van der Waals surface area contributed by atoms with Crippen molar-refractivity contribution in [3.05, 3.63) is 23.9 Å². The molecule has 0 saturated heterocycles. The summed E-state index contributed by atoms with van der Waals surface area (Å²) in [5.41, 5.74) is -0.114. The van der Waals surface area contributed by atoms with E-state index in [2.05, 4.69) is 10.3 Å². The molecule has 92 valence electrons. The van der Waals surface area contributed by atoms with Crippen LogP contribution in [0, 0.1) is 0 Å². The fraction of sp³-hybridized carbons (Fsp3) is 0.364. The van der Waals surface area contributed by atoms with Crippen molar-refractivity contribution in [1.29, 1.82) is 0 Å². The number of ether oxygens (including phenoxy) is 1. The molecule has 6 nitrogen and oxygen atoms in total. The number of aromatic nitrogens is 1. The lowest BCUT2D eigenvalue weighted by atomic mass is 10.3. The summed E-state index contributed by atoms with van der Waals surface area (Å²) in [5, 5.41) is 11.2. The van der Waals surface area contributed by atoms with Crippen molar-refractivity contribution in [2.45, 2.75) is 13.3 Å². The zero-order valence-electron chi connectivity index (χ0n) is 9.47. The molecule has 0 radical (unpaired) electrons. The third kappa shape index (κ3) is 4.60. The molecule has 0 atom stereocenters. The average Bonchev–Trinajstić information content (AvgIpc) is 2.29. The van der Waals surface area contributed by atoms with Crippen LogP contribution in [0.25, 0.3) is 0 Å². The highest BCUT2D eigenvalue weighted by Crippen LogP contribution is 2.04. The molecular weight excluding hydrogens is 224 g/mol. The number of pyridine rings is 1. The first-order valence-corrected chi connectivity index (χ1v) is 5.21. The number of carbonyl (C=O) groups excluding carboxylic acids is 1. The fourth-order valence-corrected chi connectivity index (χ4v) is 1.11. The molecule has 0 spiro atoms. The van der Waals surface area contributed by atoms with Crippen LogP contribution in [0.5, 0.6) is 0 Å². The van der Waals surface area contributed by atoms with Crippen molar-refractivity contribution in [3.63, 3.8) is 0 Å². The van der Waals surface area contributed by atoms with E-state index in [1.807, 2.05) is 6.92 Å². The van der Waals surface area contributed by atoms with Gasteiger partial charge >= 0.3 is 5.97 Å². The quantitative estimate of drug-likeness (QED) is 0.725. The van der Waals surface area contributed by atoms with E-state index >= 15 is 0 Å². The van der Waals surface area contributed by atoms with Gasteiger partial charge in [-0.25, -0.2) is 9.78 Å². The number of carboxylic acids is 1. The van der Waals surface area contributed by atoms with Crippen molar-refractivity contribution in [3.8, 4) is 0 Å². The maximum atomic E-state index is 11.3. The summed E-state index contributed by atoms with van der Waals surface area (Å²) in [5.74, 6) is -1.29. The Hall–Kier alpha value is -1.95. The summed E-state index contributed by atoms with van der Waals surface area (Å²) in [6, 6.07) is 4.38. The van der Waals surface area contributed by atoms with E-state index < -0.39 is 5.97 Å². The molecule has 0 aliphatic carbocycles. The average molecular weight is 238 g/mol. The van der Waals surface area contributed by atoms with Crippen molar-refractivity contribution in [2.24, 2.45) is 0 Å². The molecule has 17 heavy (non-hydrogen) atoms. The number of hydrogen-bond acceptors (Lipinski definition) is 4. The highest BCUT2D eigenvalue weighted by molar-refractivity contribution is 5.92. The standard InChI is InChI=1S/C11H14N2O4/c1-2-6-17-7-10(14)13-9-5-3-4-8(12-9)11(15)16/h3-5H,2,6-7H2,1H3,(H,15,16)(H,12,13,14).